The van der Waals surface area contributed by atoms with Gasteiger partial charge in [-0.15, -0.1) is 0 Å². The number of ether oxygens (including phenoxy) is 3. The molecule has 2 aromatic heterocycles. The van der Waals surface area contributed by atoms with E-state index in [1.165, 1.54) is 12.7 Å². The van der Waals surface area contributed by atoms with Crippen LogP contribution in [0.5, 0.6) is 5.75 Å². The number of esters is 1. The molecule has 6 heteroatoms. The highest BCUT2D eigenvalue weighted by molar-refractivity contribution is 6.07. The fourth-order valence-electron chi connectivity index (χ4n) is 4.75. The summed E-state index contributed by atoms with van der Waals surface area (Å²) in [6.07, 6.45) is 1.73. The Kier molecular flexibility index (Phi) is 5.48. The number of aryl methyl sites for hydroxylation is 1. The zero-order valence-corrected chi connectivity index (χ0v) is 20.1. The molecule has 1 aliphatic rings. The summed E-state index contributed by atoms with van der Waals surface area (Å²) in [5, 5.41) is 1.94. The zero-order chi connectivity index (χ0) is 24.0. The molecule has 174 valence electrons. The first-order valence-electron chi connectivity index (χ1n) is 11.5. The van der Waals surface area contributed by atoms with Crippen molar-refractivity contribution in [2.45, 2.75) is 45.8 Å². The van der Waals surface area contributed by atoms with Crippen LogP contribution in [0.2, 0.25) is 0 Å². The van der Waals surface area contributed by atoms with Crippen LogP contribution in [0.4, 0.5) is 0 Å². The summed E-state index contributed by atoms with van der Waals surface area (Å²) in [6.45, 7) is 8.34. The lowest BCUT2D eigenvalue weighted by Crippen LogP contribution is -2.29. The van der Waals surface area contributed by atoms with E-state index < -0.39 is 17.7 Å². The highest BCUT2D eigenvalue weighted by Gasteiger charge is 2.34. The molecule has 0 amide bonds. The van der Waals surface area contributed by atoms with E-state index in [1.807, 2.05) is 70.3 Å². The van der Waals surface area contributed by atoms with Gasteiger partial charge in [0.15, 0.2) is 6.10 Å². The van der Waals surface area contributed by atoms with Crippen LogP contribution in [0.3, 0.4) is 0 Å². The number of carbonyl (C=O) groups is 1. The van der Waals surface area contributed by atoms with Gasteiger partial charge in [-0.1, -0.05) is 18.2 Å². The molecule has 0 aliphatic carbocycles. The molecule has 0 fully saturated rings. The molecule has 6 nitrogen and oxygen atoms in total. The van der Waals surface area contributed by atoms with Gasteiger partial charge in [0.2, 0.25) is 0 Å². The Labute approximate surface area is 198 Å². The number of rotatable bonds is 4. The largest absolute Gasteiger partial charge is 0.493 e. The molecule has 4 aromatic rings. The van der Waals surface area contributed by atoms with Gasteiger partial charge in [0.1, 0.15) is 5.75 Å². The maximum absolute atomic E-state index is 13.1. The van der Waals surface area contributed by atoms with E-state index in [1.54, 1.807) is 0 Å². The fourth-order valence-corrected chi connectivity index (χ4v) is 4.75. The van der Waals surface area contributed by atoms with Crippen LogP contribution < -0.4 is 4.74 Å². The molecule has 0 saturated heterocycles. The van der Waals surface area contributed by atoms with Gasteiger partial charge in [-0.3, -0.25) is 9.97 Å². The summed E-state index contributed by atoms with van der Waals surface area (Å²) in [5.74, 6) is 0.371. The second kappa shape index (κ2) is 8.37. The normalized spacial score (nSPS) is 14.1. The van der Waals surface area contributed by atoms with Crippen LogP contribution in [0, 0.1) is 6.92 Å². The molecule has 0 N–H and O–H groups in total. The highest BCUT2D eigenvalue weighted by Crippen LogP contribution is 2.44. The average molecular weight is 457 g/mol. The van der Waals surface area contributed by atoms with Crippen molar-refractivity contribution in [1.29, 1.82) is 0 Å². The van der Waals surface area contributed by atoms with Crippen molar-refractivity contribution in [2.75, 3.05) is 13.7 Å². The SMILES string of the molecule is COC(=O)C(OC(C)(C)C)c1c(C)nc2ccccc2c1-c1ccc2c3c(ccnc13)CCO2. The summed E-state index contributed by atoms with van der Waals surface area (Å²) in [6, 6.07) is 14.0. The molecular formula is C28H28N2O4. The number of nitrogens with zero attached hydrogens (tertiary/aromatic N) is 2. The minimum atomic E-state index is -0.945. The molecule has 0 radical (unpaired) electrons. The lowest BCUT2D eigenvalue weighted by atomic mass is 9.88. The average Bonchev–Trinajstić information content (AvgIpc) is 2.82. The highest BCUT2D eigenvalue weighted by atomic mass is 16.6. The number of hydrogen-bond acceptors (Lipinski definition) is 6. The number of aromatic nitrogens is 2. The molecule has 0 spiro atoms. The van der Waals surface area contributed by atoms with E-state index in [9.17, 15) is 4.79 Å². The Morgan fingerprint density at radius 1 is 1.12 bits per heavy atom. The Hall–Kier alpha value is -3.51. The van der Waals surface area contributed by atoms with Crippen LogP contribution in [0.15, 0.2) is 48.7 Å². The van der Waals surface area contributed by atoms with E-state index in [0.29, 0.717) is 17.9 Å². The van der Waals surface area contributed by atoms with Gasteiger partial charge in [-0.25, -0.2) is 4.79 Å². The van der Waals surface area contributed by atoms with Crippen LogP contribution in [0.25, 0.3) is 32.9 Å². The first kappa shape index (κ1) is 22.3. The van der Waals surface area contributed by atoms with Crippen molar-refractivity contribution < 1.29 is 19.0 Å². The van der Waals surface area contributed by atoms with Crippen molar-refractivity contribution in [3.8, 4) is 16.9 Å². The van der Waals surface area contributed by atoms with Crippen molar-refractivity contribution in [2.24, 2.45) is 0 Å². The molecule has 5 rings (SSSR count). The van der Waals surface area contributed by atoms with E-state index in [0.717, 1.165) is 45.1 Å². The molecular weight excluding hydrogens is 428 g/mol. The standard InChI is InChI=1S/C28H28N2O4/c1-16-22(26(27(31)32-5)34-28(2,3)4)24(18-8-6-7-9-20(18)30-16)19-10-11-21-23-17(13-15-33-21)12-14-29-25(19)23/h6-12,14,26H,13,15H2,1-5H3. The van der Waals surface area contributed by atoms with Gasteiger partial charge in [-0.2, -0.15) is 0 Å². The van der Waals surface area contributed by atoms with E-state index >= 15 is 0 Å². The van der Waals surface area contributed by atoms with Crippen LogP contribution in [-0.2, 0) is 20.7 Å². The number of benzene rings is 2. The van der Waals surface area contributed by atoms with Gasteiger partial charge in [0.25, 0.3) is 0 Å². The summed E-state index contributed by atoms with van der Waals surface area (Å²) < 4.78 is 17.4. The lowest BCUT2D eigenvalue weighted by Gasteiger charge is -2.29. The third kappa shape index (κ3) is 3.78. The third-order valence-corrected chi connectivity index (χ3v) is 6.11. The van der Waals surface area contributed by atoms with Crippen molar-refractivity contribution in [1.82, 2.24) is 9.97 Å². The van der Waals surface area contributed by atoms with E-state index in [2.05, 4.69) is 6.07 Å². The number of carbonyl (C=O) groups excluding carboxylic acids is 1. The number of methoxy groups -OCH3 is 1. The second-order valence-corrected chi connectivity index (χ2v) is 9.54. The Morgan fingerprint density at radius 2 is 1.91 bits per heavy atom. The number of pyridine rings is 2. The quantitative estimate of drug-likeness (QED) is 0.366. The first-order chi connectivity index (χ1) is 16.3. The maximum atomic E-state index is 13.1. The minimum absolute atomic E-state index is 0.463. The van der Waals surface area contributed by atoms with E-state index in [4.69, 9.17) is 24.2 Å². The predicted octanol–water partition coefficient (Wildman–Crippen LogP) is 5.72. The summed E-state index contributed by atoms with van der Waals surface area (Å²) in [5.41, 5.74) is 5.50. The Balaban J connectivity index is 1.90. The van der Waals surface area contributed by atoms with Gasteiger partial charge in [-0.05, 0) is 57.5 Å². The summed E-state index contributed by atoms with van der Waals surface area (Å²) >= 11 is 0. The Morgan fingerprint density at radius 3 is 2.68 bits per heavy atom. The molecule has 0 bridgehead atoms. The molecule has 1 unspecified atom stereocenters. The number of hydrogen-bond donors (Lipinski definition) is 0. The summed E-state index contributed by atoms with van der Waals surface area (Å²) in [4.78, 5) is 22.7. The van der Waals surface area contributed by atoms with Crippen molar-refractivity contribution in [3.05, 3.63) is 65.5 Å². The smallest absolute Gasteiger partial charge is 0.339 e. The number of fused-ring (bicyclic) bond motifs is 1. The lowest BCUT2D eigenvalue weighted by molar-refractivity contribution is -0.164. The predicted molar refractivity (Wildman–Crippen MR) is 132 cm³/mol. The van der Waals surface area contributed by atoms with Gasteiger partial charge < -0.3 is 14.2 Å². The van der Waals surface area contributed by atoms with Crippen LogP contribution in [0.1, 0.15) is 43.7 Å². The molecule has 34 heavy (non-hydrogen) atoms. The fraction of sp³-hybridized carbons (Fsp3) is 0.321. The molecule has 1 aliphatic heterocycles. The van der Waals surface area contributed by atoms with Crippen molar-refractivity contribution >= 4 is 27.8 Å². The second-order valence-electron chi connectivity index (χ2n) is 9.54. The van der Waals surface area contributed by atoms with Crippen molar-refractivity contribution in [3.63, 3.8) is 0 Å². The molecule has 1 atom stereocenters. The third-order valence-electron chi connectivity index (χ3n) is 6.11. The zero-order valence-electron chi connectivity index (χ0n) is 20.1. The number of para-hydroxylation sites is 1. The van der Waals surface area contributed by atoms with Crippen LogP contribution >= 0.6 is 0 Å². The Bertz CT molecular complexity index is 1410. The van der Waals surface area contributed by atoms with Crippen LogP contribution in [-0.4, -0.2) is 35.3 Å². The molecule has 0 saturated carbocycles. The summed E-state index contributed by atoms with van der Waals surface area (Å²) in [7, 11) is 1.38. The topological polar surface area (TPSA) is 70.5 Å². The van der Waals surface area contributed by atoms with Gasteiger partial charge in [0, 0.05) is 45.8 Å². The van der Waals surface area contributed by atoms with Gasteiger partial charge >= 0.3 is 5.97 Å². The monoisotopic (exact) mass is 456 g/mol. The minimum Gasteiger partial charge on any atom is -0.493 e. The maximum Gasteiger partial charge on any atom is 0.339 e. The molecule has 2 aromatic carbocycles. The molecule has 3 heterocycles. The first-order valence-corrected chi connectivity index (χ1v) is 11.5. The van der Waals surface area contributed by atoms with Gasteiger partial charge in [0.05, 0.1) is 30.4 Å². The van der Waals surface area contributed by atoms with E-state index in [-0.39, 0.29) is 0 Å².